The maximum Gasteiger partial charge on any atom is 0.241 e. The highest BCUT2D eigenvalue weighted by molar-refractivity contribution is 9.10. The van der Waals surface area contributed by atoms with Gasteiger partial charge in [-0.25, -0.2) is 0 Å². The fourth-order valence-electron chi connectivity index (χ4n) is 2.09. The summed E-state index contributed by atoms with van der Waals surface area (Å²) in [7, 11) is 0. The van der Waals surface area contributed by atoms with E-state index in [1.807, 2.05) is 32.2 Å². The van der Waals surface area contributed by atoms with Crippen molar-refractivity contribution in [1.82, 2.24) is 15.1 Å². The summed E-state index contributed by atoms with van der Waals surface area (Å²) in [6.07, 6.45) is 4.42. The van der Waals surface area contributed by atoms with Gasteiger partial charge in [0.25, 0.3) is 0 Å². The molecule has 0 bridgehead atoms. The van der Waals surface area contributed by atoms with Gasteiger partial charge in [0.1, 0.15) is 6.54 Å². The Balaban J connectivity index is 1.84. The highest BCUT2D eigenvalue weighted by Crippen LogP contribution is 2.13. The summed E-state index contributed by atoms with van der Waals surface area (Å²) in [5.74, 6) is -0.0180. The first-order valence-electron chi connectivity index (χ1n) is 6.56. The van der Waals surface area contributed by atoms with Crippen molar-refractivity contribution in [1.29, 1.82) is 0 Å². The first kappa shape index (κ1) is 14.8. The van der Waals surface area contributed by atoms with Gasteiger partial charge in [-0.1, -0.05) is 28.1 Å². The van der Waals surface area contributed by atoms with E-state index in [0.29, 0.717) is 0 Å². The molecule has 1 N–H and O–H groups in total. The van der Waals surface area contributed by atoms with Crippen molar-refractivity contribution in [3.05, 3.63) is 52.3 Å². The SMILES string of the molecule is Cc1cnn(CC(=O)N[C@H](C)Cc2cccc(Br)c2)c1. The van der Waals surface area contributed by atoms with Crippen LogP contribution in [0.4, 0.5) is 0 Å². The van der Waals surface area contributed by atoms with Crippen LogP contribution in [0.3, 0.4) is 0 Å². The van der Waals surface area contributed by atoms with E-state index in [-0.39, 0.29) is 18.5 Å². The first-order valence-corrected chi connectivity index (χ1v) is 7.35. The molecule has 0 aliphatic carbocycles. The molecule has 2 rings (SSSR count). The zero-order valence-electron chi connectivity index (χ0n) is 11.6. The van der Waals surface area contributed by atoms with E-state index in [4.69, 9.17) is 0 Å². The molecule has 0 saturated heterocycles. The van der Waals surface area contributed by atoms with E-state index in [0.717, 1.165) is 16.5 Å². The van der Waals surface area contributed by atoms with E-state index in [2.05, 4.69) is 38.5 Å². The fourth-order valence-corrected chi connectivity index (χ4v) is 2.54. The van der Waals surface area contributed by atoms with Crippen LogP contribution in [-0.2, 0) is 17.8 Å². The van der Waals surface area contributed by atoms with Crippen LogP contribution in [-0.4, -0.2) is 21.7 Å². The van der Waals surface area contributed by atoms with Crippen LogP contribution in [0.5, 0.6) is 0 Å². The second kappa shape index (κ2) is 6.70. The molecule has 4 nitrogen and oxygen atoms in total. The molecule has 1 atom stereocenters. The predicted octanol–water partition coefficient (Wildman–Crippen LogP) is 2.70. The van der Waals surface area contributed by atoms with Gasteiger partial charge in [0, 0.05) is 16.7 Å². The highest BCUT2D eigenvalue weighted by Gasteiger charge is 2.09. The van der Waals surface area contributed by atoms with Crippen molar-refractivity contribution in [3.63, 3.8) is 0 Å². The minimum absolute atomic E-state index is 0.0180. The van der Waals surface area contributed by atoms with Gasteiger partial charge in [-0.05, 0) is 43.5 Å². The van der Waals surface area contributed by atoms with Gasteiger partial charge >= 0.3 is 0 Å². The number of aryl methyl sites for hydroxylation is 1. The minimum Gasteiger partial charge on any atom is -0.352 e. The Morgan fingerprint density at radius 1 is 1.50 bits per heavy atom. The number of aromatic nitrogens is 2. The molecule has 0 saturated carbocycles. The average Bonchev–Trinajstić information content (AvgIpc) is 2.74. The number of amides is 1. The minimum atomic E-state index is -0.0180. The molecule has 0 spiro atoms. The monoisotopic (exact) mass is 335 g/mol. The number of nitrogens with one attached hydrogen (secondary N) is 1. The first-order chi connectivity index (χ1) is 9.52. The number of rotatable bonds is 5. The number of hydrogen-bond acceptors (Lipinski definition) is 2. The summed E-state index contributed by atoms with van der Waals surface area (Å²) >= 11 is 3.45. The Hall–Kier alpha value is -1.62. The Morgan fingerprint density at radius 2 is 2.30 bits per heavy atom. The molecule has 106 valence electrons. The number of nitrogens with zero attached hydrogens (tertiary/aromatic N) is 2. The van der Waals surface area contributed by atoms with E-state index >= 15 is 0 Å². The zero-order chi connectivity index (χ0) is 14.5. The lowest BCUT2D eigenvalue weighted by molar-refractivity contribution is -0.122. The molecule has 2 aromatic rings. The molecule has 1 heterocycles. The lowest BCUT2D eigenvalue weighted by atomic mass is 10.1. The molecular formula is C15H18BrN3O. The van der Waals surface area contributed by atoms with Gasteiger partial charge < -0.3 is 5.32 Å². The van der Waals surface area contributed by atoms with E-state index in [9.17, 15) is 4.79 Å². The van der Waals surface area contributed by atoms with Crippen molar-refractivity contribution in [2.45, 2.75) is 32.9 Å². The standard InChI is InChI=1S/C15H18BrN3O/c1-11-8-17-19(9-11)10-15(20)18-12(2)6-13-4-3-5-14(16)7-13/h3-5,7-9,12H,6,10H2,1-2H3,(H,18,20)/t12-/m1/s1. The summed E-state index contributed by atoms with van der Waals surface area (Å²) < 4.78 is 2.71. The topological polar surface area (TPSA) is 46.9 Å². The van der Waals surface area contributed by atoms with Crippen LogP contribution in [0.25, 0.3) is 0 Å². The molecular weight excluding hydrogens is 318 g/mol. The van der Waals surface area contributed by atoms with E-state index < -0.39 is 0 Å². The third kappa shape index (κ3) is 4.49. The molecule has 1 aromatic carbocycles. The largest absolute Gasteiger partial charge is 0.352 e. The van der Waals surface area contributed by atoms with Crippen molar-refractivity contribution in [3.8, 4) is 0 Å². The van der Waals surface area contributed by atoms with Crippen molar-refractivity contribution in [2.75, 3.05) is 0 Å². The van der Waals surface area contributed by atoms with Crippen molar-refractivity contribution < 1.29 is 4.79 Å². The van der Waals surface area contributed by atoms with Crippen LogP contribution < -0.4 is 5.32 Å². The quantitative estimate of drug-likeness (QED) is 0.913. The highest BCUT2D eigenvalue weighted by atomic mass is 79.9. The number of halogens is 1. The smallest absolute Gasteiger partial charge is 0.241 e. The molecule has 0 aliphatic heterocycles. The average molecular weight is 336 g/mol. The van der Waals surface area contributed by atoms with Gasteiger partial charge in [0.2, 0.25) is 5.91 Å². The number of carbonyl (C=O) groups is 1. The van der Waals surface area contributed by atoms with E-state index in [1.165, 1.54) is 5.56 Å². The lowest BCUT2D eigenvalue weighted by Crippen LogP contribution is -2.36. The second-order valence-corrected chi connectivity index (χ2v) is 5.93. The Morgan fingerprint density at radius 3 is 2.95 bits per heavy atom. The van der Waals surface area contributed by atoms with Crippen LogP contribution >= 0.6 is 15.9 Å². The summed E-state index contributed by atoms with van der Waals surface area (Å²) in [5.41, 5.74) is 2.25. The van der Waals surface area contributed by atoms with Gasteiger partial charge in [-0.15, -0.1) is 0 Å². The number of hydrogen-bond donors (Lipinski definition) is 1. The third-order valence-electron chi connectivity index (χ3n) is 2.91. The van der Waals surface area contributed by atoms with E-state index in [1.54, 1.807) is 10.9 Å². The molecule has 0 unspecified atom stereocenters. The Bertz CT molecular complexity index is 594. The molecule has 5 heteroatoms. The van der Waals surface area contributed by atoms with Gasteiger partial charge in [-0.3, -0.25) is 9.48 Å². The normalized spacial score (nSPS) is 12.2. The summed E-state index contributed by atoms with van der Waals surface area (Å²) in [6, 6.07) is 8.21. The van der Waals surface area contributed by atoms with Crippen LogP contribution in [0.15, 0.2) is 41.1 Å². The van der Waals surface area contributed by atoms with Gasteiger partial charge in [-0.2, -0.15) is 5.10 Å². The predicted molar refractivity (Wildman–Crippen MR) is 82.4 cm³/mol. The van der Waals surface area contributed by atoms with Crippen LogP contribution in [0, 0.1) is 6.92 Å². The van der Waals surface area contributed by atoms with Gasteiger partial charge in [0.05, 0.1) is 6.20 Å². The molecule has 0 radical (unpaired) electrons. The van der Waals surface area contributed by atoms with Crippen molar-refractivity contribution >= 4 is 21.8 Å². The molecule has 20 heavy (non-hydrogen) atoms. The maximum absolute atomic E-state index is 11.9. The summed E-state index contributed by atoms with van der Waals surface area (Å²) in [6.45, 7) is 4.22. The van der Waals surface area contributed by atoms with Crippen molar-refractivity contribution in [2.24, 2.45) is 0 Å². The lowest BCUT2D eigenvalue weighted by Gasteiger charge is -2.14. The number of carbonyl (C=O) groups excluding carboxylic acids is 1. The third-order valence-corrected chi connectivity index (χ3v) is 3.40. The molecule has 0 fully saturated rings. The zero-order valence-corrected chi connectivity index (χ0v) is 13.2. The molecule has 1 amide bonds. The molecule has 0 aliphatic rings. The van der Waals surface area contributed by atoms with Crippen LogP contribution in [0.2, 0.25) is 0 Å². The Kier molecular flexibility index (Phi) is 4.95. The second-order valence-electron chi connectivity index (χ2n) is 5.02. The summed E-state index contributed by atoms with van der Waals surface area (Å²) in [4.78, 5) is 11.9. The molecule has 1 aromatic heterocycles. The fraction of sp³-hybridized carbons (Fsp3) is 0.333. The number of benzene rings is 1. The van der Waals surface area contributed by atoms with Gasteiger partial charge in [0.15, 0.2) is 0 Å². The van der Waals surface area contributed by atoms with Crippen LogP contribution in [0.1, 0.15) is 18.1 Å². The maximum atomic E-state index is 11.9. The Labute approximate surface area is 127 Å². The summed E-state index contributed by atoms with van der Waals surface area (Å²) in [5, 5.41) is 7.10.